The van der Waals surface area contributed by atoms with Crippen LogP contribution in [0.25, 0.3) is 10.2 Å². The van der Waals surface area contributed by atoms with Crippen molar-refractivity contribution in [1.82, 2.24) is 9.97 Å². The summed E-state index contributed by atoms with van der Waals surface area (Å²) in [7, 11) is 0. The molecule has 3 aromatic rings. The number of benzene rings is 1. The van der Waals surface area contributed by atoms with E-state index in [1.165, 1.54) is 29.7 Å². The van der Waals surface area contributed by atoms with Crippen LogP contribution in [-0.4, -0.2) is 35.3 Å². The molecule has 0 unspecified atom stereocenters. The van der Waals surface area contributed by atoms with Gasteiger partial charge in [-0.05, 0) is 37.0 Å². The molecule has 29 heavy (non-hydrogen) atoms. The molecule has 8 heteroatoms. The Kier molecular flexibility index (Phi) is 5.05. The molecule has 0 atom stereocenters. The van der Waals surface area contributed by atoms with Crippen molar-refractivity contribution >= 4 is 26.7 Å². The number of pyridine rings is 1. The van der Waals surface area contributed by atoms with Crippen molar-refractivity contribution in [2.75, 3.05) is 18.5 Å². The van der Waals surface area contributed by atoms with Crippen LogP contribution in [0.2, 0.25) is 0 Å². The monoisotopic (exact) mass is 417 g/mol. The molecule has 1 aromatic carbocycles. The largest absolute Gasteiger partial charge is 0.474 e. The van der Waals surface area contributed by atoms with Gasteiger partial charge in [-0.15, -0.1) is 0 Å². The van der Waals surface area contributed by atoms with Crippen LogP contribution in [0.3, 0.4) is 0 Å². The highest BCUT2D eigenvalue weighted by Crippen LogP contribution is 2.36. The summed E-state index contributed by atoms with van der Waals surface area (Å²) in [6.07, 6.45) is 4.60. The number of ether oxygens (including phenoxy) is 2. The van der Waals surface area contributed by atoms with Crippen LogP contribution < -0.4 is 10.1 Å². The fourth-order valence-corrected chi connectivity index (χ4v) is 4.84. The second kappa shape index (κ2) is 7.84. The summed E-state index contributed by atoms with van der Waals surface area (Å²) in [5.41, 5.74) is 1.51. The molecule has 1 aliphatic carbocycles. The maximum absolute atomic E-state index is 13.8. The van der Waals surface area contributed by atoms with Crippen LogP contribution in [0.5, 0.6) is 5.88 Å². The van der Waals surface area contributed by atoms with Crippen molar-refractivity contribution in [2.45, 2.75) is 43.7 Å². The Hall–Kier alpha value is -2.32. The van der Waals surface area contributed by atoms with Gasteiger partial charge in [0.1, 0.15) is 17.7 Å². The number of nitrogens with one attached hydrogen (secondary N) is 1. The summed E-state index contributed by atoms with van der Waals surface area (Å²) in [4.78, 5) is 8.67. The highest BCUT2D eigenvalue weighted by atomic mass is 32.1. The second-order valence-corrected chi connectivity index (χ2v) is 8.65. The van der Waals surface area contributed by atoms with E-state index in [-0.39, 0.29) is 29.7 Å². The van der Waals surface area contributed by atoms with E-state index in [0.29, 0.717) is 24.6 Å². The lowest BCUT2D eigenvalue weighted by atomic mass is 9.89. The molecule has 0 bridgehead atoms. The number of fused-ring (bicyclic) bond motifs is 1. The van der Waals surface area contributed by atoms with Crippen molar-refractivity contribution < 1.29 is 18.3 Å². The van der Waals surface area contributed by atoms with Gasteiger partial charge in [-0.3, -0.25) is 0 Å². The van der Waals surface area contributed by atoms with Crippen LogP contribution in [0.1, 0.15) is 37.2 Å². The lowest BCUT2D eigenvalue weighted by Crippen LogP contribution is -2.42. The molecule has 1 saturated carbocycles. The van der Waals surface area contributed by atoms with Gasteiger partial charge in [-0.2, -0.15) is 0 Å². The summed E-state index contributed by atoms with van der Waals surface area (Å²) in [5, 5.41) is 4.19. The normalized spacial score (nSPS) is 22.4. The number of nitrogens with zero attached hydrogens (tertiary/aromatic N) is 2. The molecule has 5 rings (SSSR count). The van der Waals surface area contributed by atoms with E-state index in [4.69, 9.17) is 9.47 Å². The maximum Gasteiger partial charge on any atom is 0.217 e. The molecule has 152 valence electrons. The van der Waals surface area contributed by atoms with E-state index >= 15 is 0 Å². The molecule has 0 radical (unpaired) electrons. The van der Waals surface area contributed by atoms with E-state index < -0.39 is 0 Å². The Bertz CT molecular complexity index is 1020. The van der Waals surface area contributed by atoms with Gasteiger partial charge in [0.05, 0.1) is 16.4 Å². The van der Waals surface area contributed by atoms with Crippen molar-refractivity contribution in [1.29, 1.82) is 0 Å². The number of halogens is 2. The van der Waals surface area contributed by atoms with Gasteiger partial charge in [0, 0.05) is 43.7 Å². The molecule has 3 heterocycles. The van der Waals surface area contributed by atoms with Gasteiger partial charge < -0.3 is 14.8 Å². The number of hydrogen-bond donors (Lipinski definition) is 1. The number of aromatic nitrogens is 2. The predicted molar refractivity (Wildman–Crippen MR) is 108 cm³/mol. The molecular weight excluding hydrogens is 396 g/mol. The van der Waals surface area contributed by atoms with E-state index in [0.717, 1.165) is 41.1 Å². The topological polar surface area (TPSA) is 56.3 Å². The Balaban J connectivity index is 1.21. The van der Waals surface area contributed by atoms with Gasteiger partial charge in [-0.1, -0.05) is 11.3 Å². The zero-order chi connectivity index (χ0) is 19.8. The first-order valence-electron chi connectivity index (χ1n) is 9.86. The number of rotatable bonds is 5. The molecule has 5 nitrogen and oxygen atoms in total. The summed E-state index contributed by atoms with van der Waals surface area (Å²) in [6, 6.07) is 6.44. The first-order chi connectivity index (χ1) is 14.1. The van der Waals surface area contributed by atoms with Crippen molar-refractivity contribution in [3.8, 4) is 5.88 Å². The van der Waals surface area contributed by atoms with E-state index in [1.54, 1.807) is 12.1 Å². The molecule has 1 aliphatic heterocycles. The summed E-state index contributed by atoms with van der Waals surface area (Å²) >= 11 is 1.52. The van der Waals surface area contributed by atoms with Crippen molar-refractivity contribution in [3.05, 3.63) is 47.7 Å². The third-order valence-corrected chi connectivity index (χ3v) is 6.52. The quantitative estimate of drug-likeness (QED) is 0.641. The molecule has 1 saturated heterocycles. The lowest BCUT2D eigenvalue weighted by Gasteiger charge is -2.36. The first kappa shape index (κ1) is 18.7. The average molecular weight is 417 g/mol. The van der Waals surface area contributed by atoms with Gasteiger partial charge in [0.15, 0.2) is 5.13 Å². The predicted octanol–water partition coefficient (Wildman–Crippen LogP) is 4.89. The minimum Gasteiger partial charge on any atom is -0.474 e. The van der Waals surface area contributed by atoms with E-state index in [9.17, 15) is 8.78 Å². The minimum absolute atomic E-state index is 0.0378. The molecular formula is C21H21F2N3O2S. The highest BCUT2D eigenvalue weighted by molar-refractivity contribution is 7.22. The smallest absolute Gasteiger partial charge is 0.217 e. The van der Waals surface area contributed by atoms with Crippen LogP contribution in [0, 0.1) is 11.6 Å². The van der Waals surface area contributed by atoms with E-state index in [1.807, 2.05) is 0 Å². The fourth-order valence-electron chi connectivity index (χ4n) is 3.92. The Morgan fingerprint density at radius 2 is 1.93 bits per heavy atom. The van der Waals surface area contributed by atoms with Crippen molar-refractivity contribution in [2.24, 2.45) is 0 Å². The third-order valence-electron chi connectivity index (χ3n) is 5.56. The van der Waals surface area contributed by atoms with Gasteiger partial charge in [-0.25, -0.2) is 18.7 Å². The van der Waals surface area contributed by atoms with Gasteiger partial charge in [0.25, 0.3) is 0 Å². The third kappa shape index (κ3) is 4.04. The SMILES string of the molecule is Fc1cnc(O[C@H]2C[C@H](Nc3nc4cc(F)ccc4s3)C2)c(C2CCOCC2)c1. The summed E-state index contributed by atoms with van der Waals surface area (Å²) in [5.74, 6) is 0.147. The Labute approximate surface area is 171 Å². The average Bonchev–Trinajstić information content (AvgIpc) is 3.09. The zero-order valence-corrected chi connectivity index (χ0v) is 16.6. The molecule has 2 aliphatic rings. The Morgan fingerprint density at radius 3 is 2.76 bits per heavy atom. The van der Waals surface area contributed by atoms with Crippen LogP contribution >= 0.6 is 11.3 Å². The number of anilines is 1. The molecule has 2 fully saturated rings. The van der Waals surface area contributed by atoms with Crippen LogP contribution in [0.4, 0.5) is 13.9 Å². The summed E-state index contributed by atoms with van der Waals surface area (Å²) < 4.78 is 39.6. The van der Waals surface area contributed by atoms with Crippen LogP contribution in [-0.2, 0) is 4.74 Å². The van der Waals surface area contributed by atoms with Crippen LogP contribution in [0.15, 0.2) is 30.5 Å². The molecule has 2 aromatic heterocycles. The van der Waals surface area contributed by atoms with E-state index in [2.05, 4.69) is 15.3 Å². The van der Waals surface area contributed by atoms with Gasteiger partial charge in [0.2, 0.25) is 5.88 Å². The van der Waals surface area contributed by atoms with Gasteiger partial charge >= 0.3 is 0 Å². The minimum atomic E-state index is -0.334. The number of thiazole rings is 1. The van der Waals surface area contributed by atoms with Crippen molar-refractivity contribution in [3.63, 3.8) is 0 Å². The first-order valence-corrected chi connectivity index (χ1v) is 10.7. The highest BCUT2D eigenvalue weighted by Gasteiger charge is 2.33. The zero-order valence-electron chi connectivity index (χ0n) is 15.7. The summed E-state index contributed by atoms with van der Waals surface area (Å²) in [6.45, 7) is 1.37. The maximum atomic E-state index is 13.8. The second-order valence-electron chi connectivity index (χ2n) is 7.62. The number of hydrogen-bond acceptors (Lipinski definition) is 6. The lowest BCUT2D eigenvalue weighted by molar-refractivity contribution is 0.0792. The molecule has 0 spiro atoms. The standard InChI is InChI=1S/C21H21F2N3O2S/c22-13-1-2-19-18(8-13)26-21(29-19)25-15-9-16(10-15)28-20-17(7-14(23)11-24-20)12-3-5-27-6-4-12/h1-2,7-8,11-12,15-16H,3-6,9-10H2,(H,25,26)/t15-,16-. The molecule has 0 amide bonds. The molecule has 1 N–H and O–H groups in total. The Morgan fingerprint density at radius 1 is 1.10 bits per heavy atom. The fraction of sp³-hybridized carbons (Fsp3) is 0.429.